The molecule has 3 heterocycles. The summed E-state index contributed by atoms with van der Waals surface area (Å²) in [5, 5.41) is 6.85. The van der Waals surface area contributed by atoms with Crippen molar-refractivity contribution in [3.8, 4) is 22.5 Å². The maximum absolute atomic E-state index is 14.1. The second-order valence-corrected chi connectivity index (χ2v) is 7.88. The van der Waals surface area contributed by atoms with Gasteiger partial charge < -0.3 is 22.9 Å². The Morgan fingerprint density at radius 1 is 0.824 bits per heavy atom. The summed E-state index contributed by atoms with van der Waals surface area (Å²) in [5.74, 6) is 0.523. The quantitative estimate of drug-likeness (QED) is 0.284. The van der Waals surface area contributed by atoms with Gasteiger partial charge >= 0.3 is 0 Å². The maximum Gasteiger partial charge on any atom is 0.219 e. The first kappa shape index (κ1) is 22.6. The van der Waals surface area contributed by atoms with Crippen LogP contribution in [0.1, 0.15) is 5.56 Å². The van der Waals surface area contributed by atoms with Crippen LogP contribution in [0.25, 0.3) is 22.5 Å². The summed E-state index contributed by atoms with van der Waals surface area (Å²) in [5.41, 5.74) is 24.0. The van der Waals surface area contributed by atoms with Crippen molar-refractivity contribution in [1.29, 1.82) is 0 Å². The van der Waals surface area contributed by atoms with E-state index in [2.05, 4.69) is 25.0 Å². The van der Waals surface area contributed by atoms with Crippen LogP contribution in [0.15, 0.2) is 66.2 Å². The number of hydrogen-bond acceptors (Lipinski definition) is 10. The zero-order valence-electron chi connectivity index (χ0n) is 17.8. The third-order valence-corrected chi connectivity index (χ3v) is 5.35. The molecule has 34 heavy (non-hydrogen) atoms. The lowest BCUT2D eigenvalue weighted by atomic mass is 10.2. The van der Waals surface area contributed by atoms with Crippen LogP contribution in [-0.4, -0.2) is 29.7 Å². The van der Waals surface area contributed by atoms with Gasteiger partial charge in [-0.1, -0.05) is 36.4 Å². The molecule has 0 spiro atoms. The second-order valence-electron chi connectivity index (χ2n) is 6.99. The summed E-state index contributed by atoms with van der Waals surface area (Å²) in [4.78, 5) is 16.9. The monoisotopic (exact) mass is 476 g/mol. The van der Waals surface area contributed by atoms with Crippen LogP contribution < -0.4 is 22.9 Å². The number of nitrogens with zero attached hydrogens (tertiary/aromatic N) is 6. The lowest BCUT2D eigenvalue weighted by molar-refractivity contribution is 0.587. The Morgan fingerprint density at radius 2 is 1.50 bits per heavy atom. The van der Waals surface area contributed by atoms with E-state index >= 15 is 0 Å². The Balaban J connectivity index is 0.000000336. The summed E-state index contributed by atoms with van der Waals surface area (Å²) in [6.45, 7) is 0.161. The molecule has 172 valence electrons. The van der Waals surface area contributed by atoms with Crippen LogP contribution in [0, 0.1) is 5.82 Å². The summed E-state index contributed by atoms with van der Waals surface area (Å²) < 4.78 is 15.6. The fraction of sp³-hybridized carbons (Fsp3) is 0.0455. The van der Waals surface area contributed by atoms with Gasteiger partial charge in [0.15, 0.2) is 22.5 Å². The van der Waals surface area contributed by atoms with Crippen LogP contribution in [0.3, 0.4) is 0 Å². The van der Waals surface area contributed by atoms with Gasteiger partial charge in [-0.15, -0.1) is 16.4 Å². The summed E-state index contributed by atoms with van der Waals surface area (Å²) in [6, 6.07) is 15.9. The molecule has 2 aromatic carbocycles. The SMILES string of the molecule is Nc1ccccc1.Nc1nc(-c2nc(-c3nccs3)n(Cc3ccccc3F)n2)nc(N)c1N. The van der Waals surface area contributed by atoms with Crippen LogP contribution in [-0.2, 0) is 6.54 Å². The lowest BCUT2D eigenvalue weighted by Gasteiger charge is -2.05. The minimum atomic E-state index is -0.336. The van der Waals surface area contributed by atoms with Crippen molar-refractivity contribution in [2.75, 3.05) is 22.9 Å². The zero-order valence-corrected chi connectivity index (χ0v) is 18.7. The Bertz CT molecular complexity index is 1360. The van der Waals surface area contributed by atoms with Gasteiger partial charge in [-0.3, -0.25) is 0 Å². The van der Waals surface area contributed by atoms with Crippen LogP contribution >= 0.6 is 11.3 Å². The topological polar surface area (TPSA) is 173 Å². The van der Waals surface area contributed by atoms with E-state index in [1.165, 1.54) is 17.4 Å². The van der Waals surface area contributed by atoms with Crippen molar-refractivity contribution in [1.82, 2.24) is 29.7 Å². The number of nitrogens with two attached hydrogens (primary N) is 4. The smallest absolute Gasteiger partial charge is 0.219 e. The number of para-hydroxylation sites is 1. The highest BCUT2D eigenvalue weighted by molar-refractivity contribution is 7.13. The van der Waals surface area contributed by atoms with E-state index < -0.39 is 0 Å². The van der Waals surface area contributed by atoms with E-state index in [1.54, 1.807) is 29.1 Å². The molecule has 5 aromatic rings. The van der Waals surface area contributed by atoms with Crippen molar-refractivity contribution in [2.24, 2.45) is 0 Å². The zero-order chi connectivity index (χ0) is 24.1. The molecule has 12 heteroatoms. The maximum atomic E-state index is 14.1. The number of hydrogen-bond donors (Lipinski definition) is 4. The minimum absolute atomic E-state index is 0.0405. The molecule has 0 bridgehead atoms. The van der Waals surface area contributed by atoms with Crippen molar-refractivity contribution in [3.63, 3.8) is 0 Å². The Morgan fingerprint density at radius 3 is 2.09 bits per heavy atom. The van der Waals surface area contributed by atoms with E-state index in [0.29, 0.717) is 16.4 Å². The standard InChI is InChI=1S/C16H14FN9S.C6H7N/c17-9-4-2-1-3-8(9)7-26-15(16-21-5-6-27-16)24-14(25-26)13-22-11(19)10(18)12(20)23-13;7-6-4-2-1-3-5-6/h1-6H,7,18H2,(H4,19,20,22,23);1-5H,7H2. The highest BCUT2D eigenvalue weighted by Gasteiger charge is 2.19. The van der Waals surface area contributed by atoms with Crippen molar-refractivity contribution in [3.05, 3.63) is 77.6 Å². The predicted molar refractivity (Wildman–Crippen MR) is 132 cm³/mol. The number of nitrogen functional groups attached to an aromatic ring is 4. The molecule has 0 atom stereocenters. The molecule has 5 rings (SSSR count). The molecule has 0 fully saturated rings. The van der Waals surface area contributed by atoms with Gasteiger partial charge in [-0.25, -0.2) is 29.0 Å². The van der Waals surface area contributed by atoms with Gasteiger partial charge in [0, 0.05) is 22.8 Å². The molecule has 0 unspecified atom stereocenters. The molecule has 8 N–H and O–H groups in total. The van der Waals surface area contributed by atoms with Gasteiger partial charge in [0.25, 0.3) is 0 Å². The van der Waals surface area contributed by atoms with E-state index in [9.17, 15) is 4.39 Å². The summed E-state index contributed by atoms with van der Waals surface area (Å²) >= 11 is 1.38. The second kappa shape index (κ2) is 9.92. The Labute approximate surface area is 198 Å². The minimum Gasteiger partial charge on any atom is -0.399 e. The molecule has 0 aliphatic heterocycles. The molecule has 0 radical (unpaired) electrons. The van der Waals surface area contributed by atoms with Crippen LogP contribution in [0.4, 0.5) is 27.4 Å². The molecule has 10 nitrogen and oxygen atoms in total. The van der Waals surface area contributed by atoms with Gasteiger partial charge in [-0.2, -0.15) is 0 Å². The first-order valence-corrected chi connectivity index (χ1v) is 10.9. The fourth-order valence-corrected chi connectivity index (χ4v) is 3.51. The van der Waals surface area contributed by atoms with Crippen molar-refractivity contribution < 1.29 is 4.39 Å². The lowest BCUT2D eigenvalue weighted by Crippen LogP contribution is -2.08. The van der Waals surface area contributed by atoms with E-state index in [-0.39, 0.29) is 41.3 Å². The fourth-order valence-electron chi connectivity index (χ4n) is 2.89. The van der Waals surface area contributed by atoms with Gasteiger partial charge in [0.05, 0.1) is 6.54 Å². The average molecular weight is 477 g/mol. The molecule has 0 amide bonds. The molecule has 0 saturated carbocycles. The first-order valence-electron chi connectivity index (χ1n) is 10.00. The largest absolute Gasteiger partial charge is 0.399 e. The van der Waals surface area contributed by atoms with Crippen LogP contribution in [0.2, 0.25) is 0 Å². The molecule has 0 saturated heterocycles. The van der Waals surface area contributed by atoms with Gasteiger partial charge in [0.2, 0.25) is 11.6 Å². The summed E-state index contributed by atoms with van der Waals surface area (Å²) in [7, 11) is 0. The van der Waals surface area contributed by atoms with Gasteiger partial charge in [0.1, 0.15) is 11.5 Å². The Hall–Kier alpha value is -4.58. The highest BCUT2D eigenvalue weighted by atomic mass is 32.1. The van der Waals surface area contributed by atoms with E-state index in [0.717, 1.165) is 5.69 Å². The van der Waals surface area contributed by atoms with Crippen LogP contribution in [0.5, 0.6) is 0 Å². The number of benzene rings is 2. The number of halogens is 1. The van der Waals surface area contributed by atoms with E-state index in [1.807, 2.05) is 35.7 Å². The first-order chi connectivity index (χ1) is 16.4. The average Bonchev–Trinajstić information content (AvgIpc) is 3.50. The molecule has 0 aliphatic carbocycles. The third-order valence-electron chi connectivity index (χ3n) is 4.58. The number of anilines is 4. The third kappa shape index (κ3) is 5.07. The predicted octanol–water partition coefficient (Wildman–Crippen LogP) is 3.06. The van der Waals surface area contributed by atoms with Crippen molar-refractivity contribution >= 4 is 34.3 Å². The summed E-state index contributed by atoms with van der Waals surface area (Å²) in [6.07, 6.45) is 1.65. The number of thiazole rings is 1. The number of aromatic nitrogens is 6. The Kier molecular flexibility index (Phi) is 6.59. The number of rotatable bonds is 4. The normalized spacial score (nSPS) is 10.5. The van der Waals surface area contributed by atoms with E-state index in [4.69, 9.17) is 22.9 Å². The molecular formula is C22H21FN10S. The van der Waals surface area contributed by atoms with Gasteiger partial charge in [-0.05, 0) is 18.2 Å². The van der Waals surface area contributed by atoms with Crippen molar-refractivity contribution in [2.45, 2.75) is 6.54 Å². The molecular weight excluding hydrogens is 455 g/mol. The highest BCUT2D eigenvalue weighted by Crippen LogP contribution is 2.26. The molecule has 0 aliphatic rings. The molecule has 3 aromatic heterocycles.